The van der Waals surface area contributed by atoms with Crippen molar-refractivity contribution in [3.05, 3.63) is 60.3 Å². The fourth-order valence-corrected chi connectivity index (χ4v) is 6.26. The summed E-state index contributed by atoms with van der Waals surface area (Å²) in [5.74, 6) is 1.40. The number of carboxylic acids is 1. The Bertz CT molecular complexity index is 1150. The molecule has 1 aliphatic carbocycles. The maximum Gasteiger partial charge on any atom is 0.307 e. The van der Waals surface area contributed by atoms with E-state index in [-0.39, 0.29) is 23.3 Å². The fraction of sp³-hybridized carbons (Fsp3) is 0.533. The molecule has 0 radical (unpaired) electrons. The molecule has 4 heterocycles. The Morgan fingerprint density at radius 1 is 1.31 bits per heavy atom. The molecule has 3 aliphatic heterocycles. The molecule has 0 spiro atoms. The number of nitrogens with zero attached hydrogens (tertiary/aromatic N) is 2. The number of aliphatic hydroxyl groups is 1. The van der Waals surface area contributed by atoms with Gasteiger partial charge in [-0.15, -0.1) is 6.58 Å². The Hall–Kier alpha value is -2.70. The Morgan fingerprint density at radius 3 is 2.61 bits per heavy atom. The van der Waals surface area contributed by atoms with Gasteiger partial charge in [-0.3, -0.25) is 14.7 Å². The van der Waals surface area contributed by atoms with E-state index in [4.69, 9.17) is 9.84 Å². The van der Waals surface area contributed by atoms with Gasteiger partial charge in [0.2, 0.25) is 0 Å². The Balaban J connectivity index is 0.000000214. The first kappa shape index (κ1) is 26.4. The summed E-state index contributed by atoms with van der Waals surface area (Å²) >= 11 is 0. The Labute approximate surface area is 214 Å². The SMILES string of the molecule is C=C[C@H]1CN2CC[C@H]1C[C@H]2[C@H](O)c1ccnc2ccc(OC)cc12.CC(C)=C[C@H]1[C@H](C(=O)O)C1(C)C. The average Bonchev–Trinajstić information content (AvgIpc) is 3.42. The lowest BCUT2D eigenvalue weighted by Crippen LogP contribution is -2.54. The molecule has 2 bridgehead atoms. The van der Waals surface area contributed by atoms with Gasteiger partial charge in [0.15, 0.2) is 0 Å². The number of aliphatic hydroxyl groups excluding tert-OH is 1. The van der Waals surface area contributed by atoms with E-state index in [0.29, 0.717) is 11.8 Å². The zero-order chi connectivity index (χ0) is 26.2. The molecular formula is C30H40N2O4. The molecule has 194 valence electrons. The number of ether oxygens (including phenoxy) is 1. The highest BCUT2D eigenvalue weighted by Crippen LogP contribution is 2.59. The zero-order valence-electron chi connectivity index (χ0n) is 22.1. The molecule has 6 nitrogen and oxygen atoms in total. The van der Waals surface area contributed by atoms with Gasteiger partial charge in [0.25, 0.3) is 0 Å². The lowest BCUT2D eigenvalue weighted by Gasteiger charge is -2.50. The molecule has 2 aromatic rings. The van der Waals surface area contributed by atoms with Crippen LogP contribution in [0.3, 0.4) is 0 Å². The van der Waals surface area contributed by atoms with Crippen LogP contribution >= 0.6 is 0 Å². The predicted molar refractivity (Wildman–Crippen MR) is 143 cm³/mol. The number of hydrogen-bond acceptors (Lipinski definition) is 5. The van der Waals surface area contributed by atoms with Crippen molar-refractivity contribution in [3.63, 3.8) is 0 Å². The number of benzene rings is 1. The molecule has 1 unspecified atom stereocenters. The summed E-state index contributed by atoms with van der Waals surface area (Å²) in [6.07, 6.45) is 7.69. The predicted octanol–water partition coefficient (Wildman–Crippen LogP) is 5.48. The summed E-state index contributed by atoms with van der Waals surface area (Å²) in [6.45, 7) is 14.1. The molecule has 0 amide bonds. The Morgan fingerprint density at radius 2 is 2.06 bits per heavy atom. The van der Waals surface area contributed by atoms with Crippen molar-refractivity contribution < 1.29 is 19.7 Å². The van der Waals surface area contributed by atoms with E-state index >= 15 is 0 Å². The third-order valence-electron chi connectivity index (χ3n) is 8.51. The van der Waals surface area contributed by atoms with Crippen LogP contribution in [-0.4, -0.2) is 52.3 Å². The minimum Gasteiger partial charge on any atom is -0.497 e. The van der Waals surface area contributed by atoms with Crippen LogP contribution in [0.4, 0.5) is 0 Å². The molecule has 6 rings (SSSR count). The number of carbonyl (C=O) groups is 1. The van der Waals surface area contributed by atoms with Gasteiger partial charge in [-0.1, -0.05) is 31.6 Å². The van der Waals surface area contributed by atoms with Crippen molar-refractivity contribution in [2.45, 2.75) is 52.7 Å². The first-order valence-electron chi connectivity index (χ1n) is 12.9. The molecule has 1 saturated carbocycles. The first-order chi connectivity index (χ1) is 17.1. The van der Waals surface area contributed by atoms with Crippen LogP contribution in [0.5, 0.6) is 5.75 Å². The number of rotatable bonds is 6. The molecule has 1 aromatic carbocycles. The van der Waals surface area contributed by atoms with Gasteiger partial charge < -0.3 is 14.9 Å². The zero-order valence-corrected chi connectivity index (χ0v) is 22.1. The number of aromatic nitrogens is 1. The average molecular weight is 493 g/mol. The summed E-state index contributed by atoms with van der Waals surface area (Å²) in [6, 6.07) is 7.96. The van der Waals surface area contributed by atoms with E-state index in [1.165, 1.54) is 12.0 Å². The number of carboxylic acid groups (broad SMARTS) is 1. The second kappa shape index (κ2) is 10.3. The highest BCUT2D eigenvalue weighted by atomic mass is 16.5. The van der Waals surface area contributed by atoms with Crippen LogP contribution < -0.4 is 4.74 Å². The van der Waals surface area contributed by atoms with Gasteiger partial charge in [0.1, 0.15) is 5.75 Å². The summed E-state index contributed by atoms with van der Waals surface area (Å²) in [5.41, 5.74) is 3.01. The highest BCUT2D eigenvalue weighted by Gasteiger charge is 2.60. The number of aliphatic carboxylic acids is 1. The van der Waals surface area contributed by atoms with E-state index in [9.17, 15) is 9.90 Å². The van der Waals surface area contributed by atoms with E-state index in [0.717, 1.165) is 41.7 Å². The third kappa shape index (κ3) is 5.07. The summed E-state index contributed by atoms with van der Waals surface area (Å²) in [5, 5.41) is 21.0. The van der Waals surface area contributed by atoms with Crippen LogP contribution in [0.25, 0.3) is 10.9 Å². The summed E-state index contributed by atoms with van der Waals surface area (Å²) in [4.78, 5) is 17.6. The molecule has 2 N–H and O–H groups in total. The largest absolute Gasteiger partial charge is 0.497 e. The number of piperidine rings is 3. The van der Waals surface area contributed by atoms with E-state index in [1.54, 1.807) is 13.3 Å². The van der Waals surface area contributed by atoms with Gasteiger partial charge in [0, 0.05) is 24.2 Å². The quantitative estimate of drug-likeness (QED) is 0.520. The monoisotopic (exact) mass is 492 g/mol. The molecule has 4 fully saturated rings. The maximum atomic E-state index is 11.2. The van der Waals surface area contributed by atoms with Crippen molar-refractivity contribution in [1.82, 2.24) is 9.88 Å². The third-order valence-corrected chi connectivity index (χ3v) is 8.51. The van der Waals surface area contributed by atoms with E-state index in [1.807, 2.05) is 52.0 Å². The molecule has 1 aromatic heterocycles. The van der Waals surface area contributed by atoms with Crippen LogP contribution in [0.2, 0.25) is 0 Å². The number of allylic oxidation sites excluding steroid dienone is 2. The molecular weight excluding hydrogens is 452 g/mol. The van der Waals surface area contributed by atoms with Crippen LogP contribution in [0, 0.1) is 29.1 Å². The smallest absolute Gasteiger partial charge is 0.307 e. The minimum absolute atomic E-state index is 0.0386. The highest BCUT2D eigenvalue weighted by molar-refractivity contribution is 5.84. The lowest BCUT2D eigenvalue weighted by molar-refractivity contribution is -0.139. The van der Waals surface area contributed by atoms with E-state index in [2.05, 4.69) is 28.6 Å². The minimum atomic E-state index is -0.664. The number of methoxy groups -OCH3 is 1. The standard InChI is InChI=1S/C20H24N2O2.C10H16O2/c1-3-13-12-22-9-7-14(13)10-19(22)20(23)16-6-8-21-18-5-4-15(24-2)11-17(16)18;1-6(2)5-7-8(9(11)12)10(7,3)4/h3-6,8,11,13-14,19-20,23H,1,7,9-10,12H2,2H3;5,7-8H,1-4H3,(H,11,12)/t13-,14-,19-,20+;7-,8+/m00/s1. The van der Waals surface area contributed by atoms with Crippen molar-refractivity contribution in [1.29, 1.82) is 0 Å². The topological polar surface area (TPSA) is 82.9 Å². The van der Waals surface area contributed by atoms with Crippen molar-refractivity contribution in [2.24, 2.45) is 29.1 Å². The normalized spacial score (nSPS) is 30.5. The summed E-state index contributed by atoms with van der Waals surface area (Å²) < 4.78 is 5.35. The molecule has 4 aliphatic rings. The molecule has 3 saturated heterocycles. The number of hydrogen-bond donors (Lipinski definition) is 2. The van der Waals surface area contributed by atoms with Gasteiger partial charge in [-0.2, -0.15) is 0 Å². The summed E-state index contributed by atoms with van der Waals surface area (Å²) in [7, 11) is 1.66. The number of fused-ring (bicyclic) bond motifs is 4. The molecule has 7 atom stereocenters. The van der Waals surface area contributed by atoms with Gasteiger partial charge in [-0.25, -0.2) is 0 Å². The second-order valence-electron chi connectivity index (χ2n) is 11.4. The second-order valence-corrected chi connectivity index (χ2v) is 11.4. The van der Waals surface area contributed by atoms with E-state index < -0.39 is 12.1 Å². The van der Waals surface area contributed by atoms with Crippen LogP contribution in [0.15, 0.2) is 54.8 Å². The first-order valence-corrected chi connectivity index (χ1v) is 12.9. The van der Waals surface area contributed by atoms with Crippen molar-refractivity contribution in [3.8, 4) is 5.75 Å². The van der Waals surface area contributed by atoms with Crippen LogP contribution in [0.1, 0.15) is 52.2 Å². The molecule has 36 heavy (non-hydrogen) atoms. The van der Waals surface area contributed by atoms with Gasteiger partial charge in [0.05, 0.1) is 24.6 Å². The van der Waals surface area contributed by atoms with Crippen LogP contribution in [-0.2, 0) is 4.79 Å². The Kier molecular flexibility index (Phi) is 7.58. The molecule has 6 heteroatoms. The van der Waals surface area contributed by atoms with Crippen molar-refractivity contribution >= 4 is 16.9 Å². The lowest BCUT2D eigenvalue weighted by atomic mass is 9.73. The van der Waals surface area contributed by atoms with Gasteiger partial charge >= 0.3 is 5.97 Å². The number of pyridine rings is 1. The fourth-order valence-electron chi connectivity index (χ4n) is 6.26. The maximum absolute atomic E-state index is 11.2. The van der Waals surface area contributed by atoms with Crippen molar-refractivity contribution in [2.75, 3.05) is 20.2 Å². The van der Waals surface area contributed by atoms with Gasteiger partial charge in [-0.05, 0) is 86.2 Å².